The van der Waals surface area contributed by atoms with E-state index in [1.165, 1.54) is 6.42 Å². The predicted octanol–water partition coefficient (Wildman–Crippen LogP) is 2.25. The molecule has 0 saturated heterocycles. The van der Waals surface area contributed by atoms with E-state index >= 15 is 0 Å². The van der Waals surface area contributed by atoms with Gasteiger partial charge in [-0.25, -0.2) is 4.98 Å². The lowest BCUT2D eigenvalue weighted by Gasteiger charge is -2.32. The number of hydrogen-bond donors (Lipinski definition) is 2. The normalized spacial score (nSPS) is 31.9. The molecule has 1 fully saturated rings. The first-order valence-electron chi connectivity index (χ1n) is 5.87. The van der Waals surface area contributed by atoms with Crippen molar-refractivity contribution < 1.29 is 5.11 Å². The van der Waals surface area contributed by atoms with Gasteiger partial charge in [-0.15, -0.1) is 11.3 Å². The Morgan fingerprint density at radius 3 is 2.94 bits per heavy atom. The van der Waals surface area contributed by atoms with Crippen molar-refractivity contribution in [3.8, 4) is 0 Å². The van der Waals surface area contributed by atoms with Gasteiger partial charge in [0.25, 0.3) is 0 Å². The van der Waals surface area contributed by atoms with Crippen molar-refractivity contribution in [3.63, 3.8) is 0 Å². The molecule has 1 heterocycles. The van der Waals surface area contributed by atoms with Crippen molar-refractivity contribution in [3.05, 3.63) is 16.1 Å². The van der Waals surface area contributed by atoms with E-state index in [0.717, 1.165) is 23.5 Å². The van der Waals surface area contributed by atoms with Gasteiger partial charge >= 0.3 is 0 Å². The third-order valence-corrected chi connectivity index (χ3v) is 4.76. The number of hydrogen-bond acceptors (Lipinski definition) is 4. The third kappa shape index (κ3) is 2.01. The molecule has 0 aromatic carbocycles. The third-order valence-electron chi connectivity index (χ3n) is 3.75. The molecular weight excluding hydrogens is 220 g/mol. The van der Waals surface area contributed by atoms with Crippen LogP contribution in [-0.2, 0) is 0 Å². The largest absolute Gasteiger partial charge is 0.385 e. The van der Waals surface area contributed by atoms with Crippen LogP contribution in [0.5, 0.6) is 0 Å². The first-order valence-corrected chi connectivity index (χ1v) is 6.75. The van der Waals surface area contributed by atoms with Gasteiger partial charge in [0.1, 0.15) is 11.1 Å². The molecule has 90 valence electrons. The first kappa shape index (κ1) is 12.0. The van der Waals surface area contributed by atoms with Crippen LogP contribution >= 0.6 is 11.3 Å². The van der Waals surface area contributed by atoms with E-state index in [4.69, 9.17) is 5.73 Å². The summed E-state index contributed by atoms with van der Waals surface area (Å²) in [6.07, 6.45) is 2.72. The van der Waals surface area contributed by atoms with Gasteiger partial charge in [0.05, 0.1) is 0 Å². The molecule has 4 heteroatoms. The Balaban J connectivity index is 2.22. The molecule has 0 radical (unpaired) electrons. The van der Waals surface area contributed by atoms with Crippen molar-refractivity contribution in [2.24, 2.45) is 17.1 Å². The predicted molar refractivity (Wildman–Crippen MR) is 66.3 cm³/mol. The number of aromatic nitrogens is 1. The zero-order valence-corrected chi connectivity index (χ0v) is 10.8. The van der Waals surface area contributed by atoms with Crippen molar-refractivity contribution in [2.45, 2.75) is 39.2 Å². The monoisotopic (exact) mass is 240 g/mol. The van der Waals surface area contributed by atoms with Crippen molar-refractivity contribution in [1.82, 2.24) is 4.98 Å². The summed E-state index contributed by atoms with van der Waals surface area (Å²) < 4.78 is 0. The highest BCUT2D eigenvalue weighted by atomic mass is 32.1. The molecule has 3 nitrogen and oxygen atoms in total. The van der Waals surface area contributed by atoms with Gasteiger partial charge in [-0.2, -0.15) is 0 Å². The number of aliphatic hydroxyl groups is 1. The molecule has 1 aliphatic carbocycles. The summed E-state index contributed by atoms with van der Waals surface area (Å²) in [4.78, 5) is 4.39. The molecule has 0 bridgehead atoms. The number of nitrogens with zero attached hydrogens (tertiary/aromatic N) is 1. The Morgan fingerprint density at radius 1 is 1.75 bits per heavy atom. The van der Waals surface area contributed by atoms with Crippen LogP contribution in [0.25, 0.3) is 0 Å². The topological polar surface area (TPSA) is 59.1 Å². The SMILES string of the molecule is Cc1csc(C(O)C2(CN)CCC(C)C2)n1. The second-order valence-corrected chi connectivity index (χ2v) is 6.03. The van der Waals surface area contributed by atoms with Crippen molar-refractivity contribution >= 4 is 11.3 Å². The molecular formula is C12H20N2OS. The zero-order chi connectivity index (χ0) is 11.8. The molecule has 2 rings (SSSR count). The van der Waals surface area contributed by atoms with E-state index in [0.29, 0.717) is 12.5 Å². The summed E-state index contributed by atoms with van der Waals surface area (Å²) in [5.41, 5.74) is 6.74. The second-order valence-electron chi connectivity index (χ2n) is 5.14. The summed E-state index contributed by atoms with van der Waals surface area (Å²) in [5, 5.41) is 13.3. The molecule has 0 amide bonds. The van der Waals surface area contributed by atoms with Gasteiger partial charge in [0.2, 0.25) is 0 Å². The molecule has 1 saturated carbocycles. The van der Waals surface area contributed by atoms with Crippen LogP contribution in [0, 0.1) is 18.3 Å². The van der Waals surface area contributed by atoms with Gasteiger partial charge in [-0.1, -0.05) is 13.3 Å². The number of aryl methyl sites for hydroxylation is 1. The second kappa shape index (κ2) is 4.43. The average molecular weight is 240 g/mol. The molecule has 0 spiro atoms. The average Bonchev–Trinajstić information content (AvgIpc) is 2.85. The molecule has 16 heavy (non-hydrogen) atoms. The van der Waals surface area contributed by atoms with E-state index < -0.39 is 6.10 Å². The van der Waals surface area contributed by atoms with Crippen LogP contribution in [0.2, 0.25) is 0 Å². The fraction of sp³-hybridized carbons (Fsp3) is 0.750. The summed E-state index contributed by atoms with van der Waals surface area (Å²) in [5.74, 6) is 0.666. The maximum atomic E-state index is 10.5. The van der Waals surface area contributed by atoms with Gasteiger partial charge in [-0.05, 0) is 25.7 Å². The van der Waals surface area contributed by atoms with Crippen LogP contribution in [0.4, 0.5) is 0 Å². The number of aliphatic hydroxyl groups excluding tert-OH is 1. The lowest BCUT2D eigenvalue weighted by Crippen LogP contribution is -2.34. The molecule has 1 aromatic rings. The van der Waals surface area contributed by atoms with Gasteiger partial charge < -0.3 is 10.8 Å². The smallest absolute Gasteiger partial charge is 0.122 e. The Labute approximate surface area is 101 Å². The summed E-state index contributed by atoms with van der Waals surface area (Å²) in [7, 11) is 0. The minimum absolute atomic E-state index is 0.135. The Morgan fingerprint density at radius 2 is 2.50 bits per heavy atom. The zero-order valence-electron chi connectivity index (χ0n) is 9.94. The highest BCUT2D eigenvalue weighted by Gasteiger charge is 2.43. The Kier molecular flexibility index (Phi) is 3.33. The highest BCUT2D eigenvalue weighted by Crippen LogP contribution is 2.49. The minimum atomic E-state index is -0.485. The van der Waals surface area contributed by atoms with Crippen molar-refractivity contribution in [2.75, 3.05) is 6.54 Å². The number of thiazole rings is 1. The molecule has 3 atom stereocenters. The fourth-order valence-electron chi connectivity index (χ4n) is 2.74. The maximum absolute atomic E-state index is 10.5. The molecule has 3 unspecified atom stereocenters. The van der Waals surface area contributed by atoms with Crippen molar-refractivity contribution in [1.29, 1.82) is 0 Å². The summed E-state index contributed by atoms with van der Waals surface area (Å²) in [6.45, 7) is 4.74. The number of nitrogens with two attached hydrogens (primary N) is 1. The fourth-order valence-corrected chi connectivity index (χ4v) is 3.66. The van der Waals surface area contributed by atoms with Crippen LogP contribution in [0.15, 0.2) is 5.38 Å². The van der Waals surface area contributed by atoms with Crippen LogP contribution in [0.1, 0.15) is 43.0 Å². The maximum Gasteiger partial charge on any atom is 0.122 e. The Bertz CT molecular complexity index is 366. The van der Waals surface area contributed by atoms with E-state index in [2.05, 4.69) is 11.9 Å². The van der Waals surface area contributed by atoms with E-state index in [1.807, 2.05) is 12.3 Å². The number of rotatable bonds is 3. The van der Waals surface area contributed by atoms with E-state index in [-0.39, 0.29) is 5.41 Å². The molecule has 1 aliphatic rings. The Hall–Kier alpha value is -0.450. The lowest BCUT2D eigenvalue weighted by molar-refractivity contribution is 0.0305. The summed E-state index contributed by atoms with van der Waals surface area (Å²) >= 11 is 1.54. The van der Waals surface area contributed by atoms with Gasteiger partial charge in [-0.3, -0.25) is 0 Å². The van der Waals surface area contributed by atoms with Gasteiger partial charge in [0.15, 0.2) is 0 Å². The molecule has 0 aliphatic heterocycles. The molecule has 3 N–H and O–H groups in total. The summed E-state index contributed by atoms with van der Waals surface area (Å²) in [6, 6.07) is 0. The van der Waals surface area contributed by atoms with Gasteiger partial charge in [0, 0.05) is 23.0 Å². The quantitative estimate of drug-likeness (QED) is 0.852. The lowest BCUT2D eigenvalue weighted by atomic mass is 9.80. The first-order chi connectivity index (χ1) is 7.57. The van der Waals surface area contributed by atoms with Crippen LogP contribution in [0.3, 0.4) is 0 Å². The minimum Gasteiger partial charge on any atom is -0.385 e. The molecule has 1 aromatic heterocycles. The highest BCUT2D eigenvalue weighted by molar-refractivity contribution is 7.09. The van der Waals surface area contributed by atoms with Crippen LogP contribution < -0.4 is 5.73 Å². The van der Waals surface area contributed by atoms with E-state index in [1.54, 1.807) is 11.3 Å². The van der Waals surface area contributed by atoms with Crippen LogP contribution in [-0.4, -0.2) is 16.6 Å². The van der Waals surface area contributed by atoms with E-state index in [9.17, 15) is 5.11 Å². The standard InChI is InChI=1S/C12H20N2OS/c1-8-3-4-12(5-8,7-13)10(15)11-14-9(2)6-16-11/h6,8,10,15H,3-5,7,13H2,1-2H3.